The van der Waals surface area contributed by atoms with Crippen LogP contribution in [0.1, 0.15) is 59.5 Å². The third-order valence-electron chi connectivity index (χ3n) is 16.4. The van der Waals surface area contributed by atoms with Gasteiger partial charge in [-0.25, -0.2) is 0 Å². The van der Waals surface area contributed by atoms with Crippen molar-refractivity contribution in [3.63, 3.8) is 0 Å². The van der Waals surface area contributed by atoms with Crippen LogP contribution in [0.3, 0.4) is 0 Å². The van der Waals surface area contributed by atoms with Crippen LogP contribution in [-0.2, 0) is 10.8 Å². The Bertz CT molecular complexity index is 4280. The van der Waals surface area contributed by atoms with E-state index in [1.807, 2.05) is 12.1 Å². The summed E-state index contributed by atoms with van der Waals surface area (Å²) in [6, 6.07) is 90.7. The fraction of sp³-hybridized carbons (Fsp3) is 0.108. The quantitative estimate of drug-likeness (QED) is 0.131. The molecule has 13 rings (SSSR count). The third-order valence-corrected chi connectivity index (χ3v) is 26.7. The third kappa shape index (κ3) is 7.96. The number of benzene rings is 11. The molecular formula is C74H64N2Si2. The summed E-state index contributed by atoms with van der Waals surface area (Å²) in [5, 5.41) is 12.7. The zero-order valence-corrected chi connectivity index (χ0v) is 47.1. The predicted octanol–water partition coefficient (Wildman–Crippen LogP) is 13.6. The molecule has 1 aliphatic rings. The summed E-state index contributed by atoms with van der Waals surface area (Å²) in [6.45, 7) is 13.4. The van der Waals surface area contributed by atoms with E-state index in [-0.39, 0.29) is 40.6 Å². The lowest BCUT2D eigenvalue weighted by atomic mass is 9.86. The van der Waals surface area contributed by atoms with E-state index in [1.54, 1.807) is 0 Å². The van der Waals surface area contributed by atoms with Crippen LogP contribution in [0.15, 0.2) is 279 Å². The van der Waals surface area contributed by atoms with E-state index in [0.717, 1.165) is 44.6 Å². The van der Waals surface area contributed by atoms with Crippen molar-refractivity contribution in [2.75, 3.05) is 4.90 Å². The average molecular weight is 1040 g/mol. The van der Waals surface area contributed by atoms with Crippen LogP contribution in [0, 0.1) is 0 Å². The number of aromatic nitrogens is 1. The molecule has 1 aromatic heterocycles. The van der Waals surface area contributed by atoms with Crippen LogP contribution in [-0.4, -0.2) is 20.7 Å². The van der Waals surface area contributed by atoms with Gasteiger partial charge in [-0.2, -0.15) is 0 Å². The Balaban J connectivity index is 1.09. The van der Waals surface area contributed by atoms with Crippen molar-refractivity contribution in [1.82, 2.24) is 4.57 Å². The Kier molecular flexibility index (Phi) is 10.7. The van der Waals surface area contributed by atoms with Crippen LogP contribution in [0.25, 0.3) is 38.6 Å². The summed E-state index contributed by atoms with van der Waals surface area (Å²) in [5.41, 5.74) is 9.06. The molecule has 0 atom stereocenters. The fourth-order valence-electron chi connectivity index (χ4n) is 12.7. The lowest BCUT2D eigenvalue weighted by Gasteiger charge is -2.48. The van der Waals surface area contributed by atoms with E-state index in [9.17, 15) is 0 Å². The molecular weight excluding hydrogens is 973 g/mol. The molecule has 78 heavy (non-hydrogen) atoms. The molecule has 0 unspecified atom stereocenters. The van der Waals surface area contributed by atoms with Crippen molar-refractivity contribution in [2.45, 2.75) is 52.4 Å². The standard InChI is InChI=1S/C74H64N2Si2/c1-73(2,3)55-39-43-57(44-40-55)75(58-45-41-56(42-46-58)74(4,5)6)60-47-49-68-66(52-60)65-50-54(53-24-11-7-12-25-53)38-48-67(65)76(68)59-26-23-33-64(51-59)78(63-31-17-10-18-32-63)71-36-21-19-34-69(71)77(61-27-13-8-14-28-61,62-29-15-9-16-30-62)70-35-20-22-37-72(70)78/h7-52H,1-6H3/i7D,11D,12D,24D,25D. The van der Waals surface area contributed by atoms with Gasteiger partial charge in [0.25, 0.3) is 0 Å². The van der Waals surface area contributed by atoms with E-state index >= 15 is 0 Å². The first-order valence-corrected chi connectivity index (χ1v) is 31.2. The van der Waals surface area contributed by atoms with Crippen LogP contribution in [0.2, 0.25) is 0 Å². The zero-order chi connectivity index (χ0) is 57.6. The summed E-state index contributed by atoms with van der Waals surface area (Å²) in [7, 11) is -6.14. The lowest BCUT2D eigenvalue weighted by molar-refractivity contribution is 0.590. The predicted molar refractivity (Wildman–Crippen MR) is 339 cm³/mol. The van der Waals surface area contributed by atoms with Gasteiger partial charge < -0.3 is 9.47 Å². The zero-order valence-electron chi connectivity index (χ0n) is 50.1. The normalized spacial score (nSPS) is 14.6. The molecule has 0 amide bonds. The van der Waals surface area contributed by atoms with Crippen molar-refractivity contribution in [2.24, 2.45) is 0 Å². The van der Waals surface area contributed by atoms with Gasteiger partial charge in [0.15, 0.2) is 16.1 Å². The second-order valence-electron chi connectivity index (χ2n) is 22.9. The Morgan fingerprint density at radius 1 is 0.346 bits per heavy atom. The van der Waals surface area contributed by atoms with E-state index in [1.165, 1.54) is 52.6 Å². The molecule has 0 fully saturated rings. The fourth-order valence-corrected chi connectivity index (χ4v) is 24.8. The van der Waals surface area contributed by atoms with E-state index in [2.05, 4.69) is 288 Å². The van der Waals surface area contributed by atoms with Crippen LogP contribution in [0.5, 0.6) is 0 Å². The van der Waals surface area contributed by atoms with Crippen molar-refractivity contribution < 1.29 is 6.85 Å². The van der Waals surface area contributed by atoms with Crippen molar-refractivity contribution in [3.05, 3.63) is 290 Å². The first kappa shape index (κ1) is 43.5. The summed E-state index contributed by atoms with van der Waals surface area (Å²) < 4.78 is 46.5. The lowest BCUT2D eigenvalue weighted by Crippen LogP contribution is -2.93. The molecule has 0 spiro atoms. The highest BCUT2D eigenvalue weighted by Crippen LogP contribution is 2.42. The van der Waals surface area contributed by atoms with Crippen molar-refractivity contribution in [1.29, 1.82) is 0 Å². The molecule has 12 aromatic rings. The monoisotopic (exact) mass is 1040 g/mol. The maximum atomic E-state index is 9.13. The smallest absolute Gasteiger partial charge is 0.179 e. The highest BCUT2D eigenvalue weighted by Gasteiger charge is 2.56. The maximum Gasteiger partial charge on any atom is 0.179 e. The summed E-state index contributed by atoms with van der Waals surface area (Å²) in [4.78, 5) is 2.32. The Labute approximate surface area is 469 Å². The van der Waals surface area contributed by atoms with E-state index in [4.69, 9.17) is 6.85 Å². The number of hydrogen-bond donors (Lipinski definition) is 0. The molecule has 0 saturated carbocycles. The van der Waals surface area contributed by atoms with E-state index < -0.39 is 22.2 Å². The number of fused-ring (bicyclic) bond motifs is 5. The van der Waals surface area contributed by atoms with Gasteiger partial charge in [0.05, 0.1) is 17.9 Å². The molecule has 0 aliphatic carbocycles. The topological polar surface area (TPSA) is 8.17 Å². The van der Waals surface area contributed by atoms with Gasteiger partial charge in [0.2, 0.25) is 0 Å². The van der Waals surface area contributed by atoms with Gasteiger partial charge in [0, 0.05) is 33.5 Å². The summed E-state index contributed by atoms with van der Waals surface area (Å²) in [6.07, 6.45) is 0. The number of anilines is 3. The first-order chi connectivity index (χ1) is 40.0. The molecule has 1 aliphatic heterocycles. The minimum atomic E-state index is -3.20. The Hall–Kier alpha value is -8.55. The largest absolute Gasteiger partial charge is 0.310 e. The molecule has 0 saturated heterocycles. The molecule has 0 radical (unpaired) electrons. The summed E-state index contributed by atoms with van der Waals surface area (Å²) in [5.74, 6) is 0. The molecule has 378 valence electrons. The van der Waals surface area contributed by atoms with Crippen molar-refractivity contribution >= 4 is 96.5 Å². The number of rotatable bonds is 9. The van der Waals surface area contributed by atoms with Gasteiger partial charge in [0.1, 0.15) is 0 Å². The molecule has 2 heterocycles. The SMILES string of the molecule is [2H]c1c([2H])c([2H])c(-c2ccc3c(c2)c2cc(N(c4ccc(C(C)(C)C)cc4)c4ccc(C(C)(C)C)cc4)ccc2n3-c2cccc([Si]3(c4ccccc4)c4ccccc4[Si](c4ccccc4)(c4ccccc4)c4ccccc43)c2)c([2H])c1[2H]. The maximum absolute atomic E-state index is 9.13. The highest BCUT2D eigenvalue weighted by atomic mass is 28.3. The Morgan fingerprint density at radius 2 is 0.744 bits per heavy atom. The van der Waals surface area contributed by atoms with Crippen LogP contribution >= 0.6 is 0 Å². The second kappa shape index (κ2) is 19.2. The Morgan fingerprint density at radius 3 is 1.21 bits per heavy atom. The number of nitrogens with zero attached hydrogens (tertiary/aromatic N) is 2. The second-order valence-corrected chi connectivity index (χ2v) is 30.4. The van der Waals surface area contributed by atoms with Crippen molar-refractivity contribution in [3.8, 4) is 16.8 Å². The minimum Gasteiger partial charge on any atom is -0.310 e. The molecule has 0 N–H and O–H groups in total. The van der Waals surface area contributed by atoms with Gasteiger partial charge in [-0.15, -0.1) is 0 Å². The molecule has 0 bridgehead atoms. The van der Waals surface area contributed by atoms with Gasteiger partial charge in [-0.1, -0.05) is 254 Å². The van der Waals surface area contributed by atoms with Gasteiger partial charge in [-0.3, -0.25) is 0 Å². The van der Waals surface area contributed by atoms with Gasteiger partial charge >= 0.3 is 0 Å². The molecule has 4 heteroatoms. The molecule has 2 nitrogen and oxygen atoms in total. The summed E-state index contributed by atoms with van der Waals surface area (Å²) >= 11 is 0. The minimum absolute atomic E-state index is 0.0304. The number of hydrogen-bond acceptors (Lipinski definition) is 1. The van der Waals surface area contributed by atoms with Crippen LogP contribution in [0.4, 0.5) is 17.1 Å². The molecule has 11 aromatic carbocycles. The highest BCUT2D eigenvalue weighted by molar-refractivity contribution is 7.32. The van der Waals surface area contributed by atoms with E-state index in [0.29, 0.717) is 5.56 Å². The first-order valence-electron chi connectivity index (χ1n) is 29.7. The van der Waals surface area contributed by atoms with Crippen LogP contribution < -0.4 is 46.4 Å². The average Bonchev–Trinajstić information content (AvgIpc) is 1.18. The van der Waals surface area contributed by atoms with Gasteiger partial charge in [-0.05, 0) is 141 Å².